The SMILES string of the molecule is Fc1cccc(Cl)c1CSc1nnc(-c2ccncc2)n1-c1ccc(Cl)cc1. The molecule has 0 spiro atoms. The number of pyridine rings is 1. The van der Waals surface area contributed by atoms with Crippen molar-refractivity contribution in [3.05, 3.63) is 88.4 Å². The Hall–Kier alpha value is -2.41. The Morgan fingerprint density at radius 3 is 2.39 bits per heavy atom. The average molecular weight is 431 g/mol. The second-order valence-electron chi connectivity index (χ2n) is 5.84. The molecule has 0 aliphatic carbocycles. The van der Waals surface area contributed by atoms with Gasteiger partial charge in [-0.3, -0.25) is 9.55 Å². The van der Waals surface area contributed by atoms with Crippen molar-refractivity contribution in [2.24, 2.45) is 0 Å². The first-order valence-corrected chi connectivity index (χ1v) is 10.0. The first-order chi connectivity index (χ1) is 13.6. The van der Waals surface area contributed by atoms with E-state index in [1.807, 2.05) is 28.8 Å². The van der Waals surface area contributed by atoms with Gasteiger partial charge >= 0.3 is 0 Å². The summed E-state index contributed by atoms with van der Waals surface area (Å²) in [5.41, 5.74) is 2.15. The van der Waals surface area contributed by atoms with Gasteiger partial charge in [0.2, 0.25) is 0 Å². The fourth-order valence-electron chi connectivity index (χ4n) is 2.68. The Bertz CT molecular complexity index is 1080. The summed E-state index contributed by atoms with van der Waals surface area (Å²) in [6.07, 6.45) is 3.39. The predicted octanol–water partition coefficient (Wildman–Crippen LogP) is 6.07. The zero-order valence-corrected chi connectivity index (χ0v) is 16.7. The normalized spacial score (nSPS) is 11.0. The van der Waals surface area contributed by atoms with E-state index in [1.54, 1.807) is 36.7 Å². The van der Waals surface area contributed by atoms with E-state index < -0.39 is 0 Å². The lowest BCUT2D eigenvalue weighted by Crippen LogP contribution is -2.00. The van der Waals surface area contributed by atoms with Gasteiger partial charge in [-0.05, 0) is 48.5 Å². The molecule has 0 saturated carbocycles. The topological polar surface area (TPSA) is 43.6 Å². The van der Waals surface area contributed by atoms with Crippen LogP contribution in [0.3, 0.4) is 0 Å². The van der Waals surface area contributed by atoms with Gasteiger partial charge in [-0.1, -0.05) is 41.0 Å². The molecule has 0 saturated heterocycles. The molecule has 0 radical (unpaired) electrons. The van der Waals surface area contributed by atoms with Crippen molar-refractivity contribution in [1.82, 2.24) is 19.7 Å². The largest absolute Gasteiger partial charge is 0.270 e. The number of benzene rings is 2. The maximum Gasteiger partial charge on any atom is 0.196 e. The van der Waals surface area contributed by atoms with Crippen molar-refractivity contribution in [3.8, 4) is 17.1 Å². The molecule has 2 aromatic carbocycles. The van der Waals surface area contributed by atoms with Gasteiger partial charge in [-0.25, -0.2) is 4.39 Å². The van der Waals surface area contributed by atoms with Crippen LogP contribution in [0.5, 0.6) is 0 Å². The van der Waals surface area contributed by atoms with Gasteiger partial charge in [-0.15, -0.1) is 10.2 Å². The van der Waals surface area contributed by atoms with Crippen molar-refractivity contribution < 1.29 is 4.39 Å². The quantitative estimate of drug-likeness (QED) is 0.360. The summed E-state index contributed by atoms with van der Waals surface area (Å²) in [4.78, 5) is 4.05. The Labute approximate surface area is 175 Å². The van der Waals surface area contributed by atoms with Crippen molar-refractivity contribution in [3.63, 3.8) is 0 Å². The fraction of sp³-hybridized carbons (Fsp3) is 0.0500. The van der Waals surface area contributed by atoms with Crippen LogP contribution in [0.4, 0.5) is 4.39 Å². The van der Waals surface area contributed by atoms with Gasteiger partial charge in [0.15, 0.2) is 11.0 Å². The summed E-state index contributed by atoms with van der Waals surface area (Å²) >= 11 is 13.5. The van der Waals surface area contributed by atoms with Crippen LogP contribution in [0.25, 0.3) is 17.1 Å². The number of thioether (sulfide) groups is 1. The van der Waals surface area contributed by atoms with E-state index in [4.69, 9.17) is 23.2 Å². The molecule has 140 valence electrons. The molecule has 2 heterocycles. The molecule has 0 N–H and O–H groups in total. The predicted molar refractivity (Wildman–Crippen MR) is 111 cm³/mol. The molecule has 2 aromatic heterocycles. The highest BCUT2D eigenvalue weighted by Crippen LogP contribution is 2.32. The minimum absolute atomic E-state index is 0.327. The van der Waals surface area contributed by atoms with Crippen LogP contribution in [0, 0.1) is 5.82 Å². The summed E-state index contributed by atoms with van der Waals surface area (Å²) in [6, 6.07) is 15.7. The average Bonchev–Trinajstić information content (AvgIpc) is 3.13. The zero-order chi connectivity index (χ0) is 19.5. The third-order valence-corrected chi connectivity index (χ3v) is 5.63. The van der Waals surface area contributed by atoms with Gasteiger partial charge < -0.3 is 0 Å². The summed E-state index contributed by atoms with van der Waals surface area (Å²) in [6.45, 7) is 0. The van der Waals surface area contributed by atoms with E-state index in [9.17, 15) is 4.39 Å². The van der Waals surface area contributed by atoms with Crippen molar-refractivity contribution in [2.45, 2.75) is 10.9 Å². The number of rotatable bonds is 5. The minimum atomic E-state index is -0.341. The zero-order valence-electron chi connectivity index (χ0n) is 14.4. The smallest absolute Gasteiger partial charge is 0.196 e. The van der Waals surface area contributed by atoms with E-state index in [2.05, 4.69) is 15.2 Å². The third-order valence-electron chi connectivity index (χ3n) is 4.06. The first kappa shape index (κ1) is 18.9. The van der Waals surface area contributed by atoms with Crippen LogP contribution in [-0.4, -0.2) is 19.7 Å². The van der Waals surface area contributed by atoms with E-state index in [1.165, 1.54) is 17.8 Å². The molecule has 8 heteroatoms. The van der Waals surface area contributed by atoms with Gasteiger partial charge in [0.1, 0.15) is 5.82 Å². The van der Waals surface area contributed by atoms with Crippen LogP contribution in [0.2, 0.25) is 10.0 Å². The lowest BCUT2D eigenvalue weighted by Gasteiger charge is -2.11. The molecule has 0 fully saturated rings. The molecule has 0 aliphatic rings. The van der Waals surface area contributed by atoms with E-state index in [-0.39, 0.29) is 5.82 Å². The Morgan fingerprint density at radius 2 is 1.68 bits per heavy atom. The van der Waals surface area contributed by atoms with E-state index in [0.29, 0.717) is 32.3 Å². The highest BCUT2D eigenvalue weighted by atomic mass is 35.5. The van der Waals surface area contributed by atoms with Crippen molar-refractivity contribution >= 4 is 35.0 Å². The molecular formula is C20H13Cl2FN4S. The molecule has 0 bridgehead atoms. The maximum atomic E-state index is 14.1. The molecule has 0 atom stereocenters. The molecule has 0 unspecified atom stereocenters. The van der Waals surface area contributed by atoms with Gasteiger partial charge in [0, 0.05) is 45.0 Å². The molecule has 0 amide bonds. The standard InChI is InChI=1S/C20H13Cl2FN4S/c21-14-4-6-15(7-5-14)27-19(13-8-10-24-11-9-13)25-26-20(27)28-12-16-17(22)2-1-3-18(16)23/h1-11H,12H2. The van der Waals surface area contributed by atoms with Crippen molar-refractivity contribution in [1.29, 1.82) is 0 Å². The maximum absolute atomic E-state index is 14.1. The second kappa shape index (κ2) is 8.31. The van der Waals surface area contributed by atoms with Gasteiger partial charge in [0.05, 0.1) is 0 Å². The van der Waals surface area contributed by atoms with Crippen LogP contribution in [0.1, 0.15) is 5.56 Å². The van der Waals surface area contributed by atoms with Gasteiger partial charge in [0.25, 0.3) is 0 Å². The highest BCUT2D eigenvalue weighted by Gasteiger charge is 2.17. The van der Waals surface area contributed by atoms with E-state index in [0.717, 1.165) is 11.3 Å². The molecule has 4 aromatic rings. The summed E-state index contributed by atoms with van der Waals surface area (Å²) in [5.74, 6) is 0.645. The lowest BCUT2D eigenvalue weighted by atomic mass is 10.2. The number of aromatic nitrogens is 4. The van der Waals surface area contributed by atoms with Crippen LogP contribution >= 0.6 is 35.0 Å². The van der Waals surface area contributed by atoms with Crippen LogP contribution in [0.15, 0.2) is 72.1 Å². The summed E-state index contributed by atoms with van der Waals surface area (Å²) in [5, 5.41) is 10.3. The Morgan fingerprint density at radius 1 is 0.929 bits per heavy atom. The number of nitrogens with zero attached hydrogens (tertiary/aromatic N) is 4. The minimum Gasteiger partial charge on any atom is -0.270 e. The lowest BCUT2D eigenvalue weighted by molar-refractivity contribution is 0.617. The van der Waals surface area contributed by atoms with Crippen LogP contribution < -0.4 is 0 Å². The third kappa shape index (κ3) is 3.90. The molecule has 4 nitrogen and oxygen atoms in total. The second-order valence-corrected chi connectivity index (χ2v) is 7.63. The Kier molecular flexibility index (Phi) is 5.62. The number of halogens is 3. The highest BCUT2D eigenvalue weighted by molar-refractivity contribution is 7.98. The first-order valence-electron chi connectivity index (χ1n) is 8.31. The molecule has 28 heavy (non-hydrogen) atoms. The molecule has 0 aliphatic heterocycles. The fourth-order valence-corrected chi connectivity index (χ4v) is 4.10. The Balaban J connectivity index is 1.75. The number of hydrogen-bond donors (Lipinski definition) is 0. The van der Waals surface area contributed by atoms with Gasteiger partial charge in [-0.2, -0.15) is 0 Å². The van der Waals surface area contributed by atoms with E-state index >= 15 is 0 Å². The summed E-state index contributed by atoms with van der Waals surface area (Å²) in [7, 11) is 0. The molecule has 4 rings (SSSR count). The molecular weight excluding hydrogens is 418 g/mol. The summed E-state index contributed by atoms with van der Waals surface area (Å²) < 4.78 is 16.0. The van der Waals surface area contributed by atoms with Crippen LogP contribution in [-0.2, 0) is 5.75 Å². The van der Waals surface area contributed by atoms with Crippen molar-refractivity contribution in [2.75, 3.05) is 0 Å². The number of hydrogen-bond acceptors (Lipinski definition) is 4. The monoisotopic (exact) mass is 430 g/mol.